The summed E-state index contributed by atoms with van der Waals surface area (Å²) >= 11 is 5.77. The minimum Gasteiger partial charge on any atom is -0.229 e. The molecular formula is C7H5NS5. The highest BCUT2D eigenvalue weighted by Crippen LogP contribution is 2.44. The number of fused-ring (bicyclic) bond motifs is 1. The lowest BCUT2D eigenvalue weighted by Crippen LogP contribution is -1.64. The Bertz CT molecular complexity index is 365. The van der Waals surface area contributed by atoms with Crippen LogP contribution in [0.4, 0.5) is 0 Å². The Balaban J connectivity index is 2.28. The van der Waals surface area contributed by atoms with E-state index in [1.54, 1.807) is 32.0 Å². The van der Waals surface area contributed by atoms with Gasteiger partial charge in [-0.1, -0.05) is 23.8 Å². The molecule has 0 N–H and O–H groups in total. The Labute approximate surface area is 96.7 Å². The predicted molar refractivity (Wildman–Crippen MR) is 69.6 cm³/mol. The average Bonchev–Trinajstić information content (AvgIpc) is 2.57. The fraction of sp³-hybridized carbons (Fsp3) is 0. The first kappa shape index (κ1) is 10.0. The molecule has 0 aliphatic heterocycles. The van der Waals surface area contributed by atoms with E-state index in [4.69, 9.17) is 0 Å². The Hall–Kier alpha value is 0.510. The number of thiol groups is 1. The fourth-order valence-corrected chi connectivity index (χ4v) is 5.31. The monoisotopic (exact) mass is 263 g/mol. The maximum Gasteiger partial charge on any atom is 0.162 e. The van der Waals surface area contributed by atoms with Gasteiger partial charge in [0.1, 0.15) is 0 Å². The van der Waals surface area contributed by atoms with Crippen LogP contribution in [-0.4, -0.2) is 4.98 Å². The molecule has 0 fully saturated rings. The van der Waals surface area contributed by atoms with Gasteiger partial charge in [-0.2, -0.15) is 0 Å². The quantitative estimate of drug-likeness (QED) is 0.645. The van der Waals surface area contributed by atoms with Gasteiger partial charge in [0.25, 0.3) is 0 Å². The Morgan fingerprint density at radius 2 is 2.15 bits per heavy atom. The molecule has 68 valence electrons. The van der Waals surface area contributed by atoms with Crippen molar-refractivity contribution in [3.63, 3.8) is 0 Å². The van der Waals surface area contributed by atoms with E-state index in [0.717, 1.165) is 9.86 Å². The Morgan fingerprint density at radius 3 is 2.92 bits per heavy atom. The van der Waals surface area contributed by atoms with Crippen molar-refractivity contribution in [3.8, 4) is 0 Å². The maximum absolute atomic E-state index is 4.46. The lowest BCUT2D eigenvalue weighted by molar-refractivity contribution is 1.31. The number of hydrogen-bond donors (Lipinski definition) is 1. The molecule has 0 unspecified atom stereocenters. The number of aromatic nitrogens is 1. The van der Waals surface area contributed by atoms with E-state index in [0.29, 0.717) is 0 Å². The zero-order chi connectivity index (χ0) is 9.10. The lowest BCUT2D eigenvalue weighted by Gasteiger charge is -1.86. The minimum atomic E-state index is 1.08. The van der Waals surface area contributed by atoms with Crippen LogP contribution in [0, 0.1) is 0 Å². The summed E-state index contributed by atoms with van der Waals surface area (Å²) in [4.78, 5) is 4.46. The number of nitrogens with zero attached hydrogens (tertiary/aromatic N) is 1. The molecule has 2 rings (SSSR count). The van der Waals surface area contributed by atoms with E-state index in [2.05, 4.69) is 22.7 Å². The van der Waals surface area contributed by atoms with E-state index in [1.165, 1.54) is 14.5 Å². The van der Waals surface area contributed by atoms with Gasteiger partial charge in [0.15, 0.2) is 4.34 Å². The number of thiazole rings is 1. The highest BCUT2D eigenvalue weighted by Gasteiger charge is 2.02. The van der Waals surface area contributed by atoms with Gasteiger partial charge in [0, 0.05) is 0 Å². The Morgan fingerprint density at radius 1 is 1.31 bits per heavy atom. The van der Waals surface area contributed by atoms with E-state index < -0.39 is 0 Å². The van der Waals surface area contributed by atoms with E-state index in [9.17, 15) is 0 Å². The zero-order valence-electron chi connectivity index (χ0n) is 6.34. The highest BCUT2D eigenvalue weighted by molar-refractivity contribution is 9.24. The topological polar surface area (TPSA) is 12.9 Å². The first-order valence-corrected chi connectivity index (χ1v) is 8.75. The molecule has 0 spiro atoms. The second-order valence-corrected chi connectivity index (χ2v) is 8.22. The number of rotatable bonds is 3. The molecule has 0 aliphatic rings. The molecule has 0 saturated heterocycles. The van der Waals surface area contributed by atoms with Crippen LogP contribution in [0.25, 0.3) is 10.2 Å². The van der Waals surface area contributed by atoms with Crippen LogP contribution < -0.4 is 0 Å². The van der Waals surface area contributed by atoms with Crippen molar-refractivity contribution in [3.05, 3.63) is 24.3 Å². The van der Waals surface area contributed by atoms with Gasteiger partial charge in [-0.25, -0.2) is 4.98 Å². The molecule has 2 aromatic rings. The number of benzene rings is 1. The summed E-state index contributed by atoms with van der Waals surface area (Å²) in [6.07, 6.45) is 0. The largest absolute Gasteiger partial charge is 0.229 e. The van der Waals surface area contributed by atoms with Crippen LogP contribution in [0.5, 0.6) is 0 Å². The smallest absolute Gasteiger partial charge is 0.162 e. The molecule has 13 heavy (non-hydrogen) atoms. The van der Waals surface area contributed by atoms with Crippen molar-refractivity contribution < 1.29 is 0 Å². The summed E-state index contributed by atoms with van der Waals surface area (Å²) in [5.41, 5.74) is 1.08. The summed E-state index contributed by atoms with van der Waals surface area (Å²) < 4.78 is 2.34. The highest BCUT2D eigenvalue weighted by atomic mass is 33.7. The lowest BCUT2D eigenvalue weighted by atomic mass is 10.3. The van der Waals surface area contributed by atoms with Crippen LogP contribution in [0.3, 0.4) is 0 Å². The van der Waals surface area contributed by atoms with Crippen molar-refractivity contribution in [2.24, 2.45) is 0 Å². The molecule has 0 atom stereocenters. The van der Waals surface area contributed by atoms with Gasteiger partial charge in [-0.05, 0) is 42.6 Å². The normalized spacial score (nSPS) is 10.8. The van der Waals surface area contributed by atoms with Crippen molar-refractivity contribution in [2.45, 2.75) is 4.34 Å². The number of para-hydroxylation sites is 1. The van der Waals surface area contributed by atoms with Gasteiger partial charge in [0.2, 0.25) is 0 Å². The Kier molecular flexibility index (Phi) is 3.74. The predicted octanol–water partition coefficient (Wildman–Crippen LogP) is 4.53. The molecule has 0 amide bonds. The van der Waals surface area contributed by atoms with Gasteiger partial charge < -0.3 is 0 Å². The fourth-order valence-electron chi connectivity index (χ4n) is 0.931. The van der Waals surface area contributed by atoms with Crippen LogP contribution in [-0.2, 0) is 0 Å². The van der Waals surface area contributed by atoms with Gasteiger partial charge >= 0.3 is 0 Å². The molecule has 1 aromatic heterocycles. The van der Waals surface area contributed by atoms with E-state index >= 15 is 0 Å². The maximum atomic E-state index is 4.46. The summed E-state index contributed by atoms with van der Waals surface area (Å²) in [5, 5.41) is 0. The van der Waals surface area contributed by atoms with Gasteiger partial charge in [-0.3, -0.25) is 0 Å². The third kappa shape index (κ3) is 2.50. The molecule has 6 heteroatoms. The summed E-state index contributed by atoms with van der Waals surface area (Å²) in [6, 6.07) is 8.18. The molecule has 1 heterocycles. The second kappa shape index (κ2) is 4.84. The van der Waals surface area contributed by atoms with Crippen LogP contribution in [0.1, 0.15) is 0 Å². The summed E-state index contributed by atoms with van der Waals surface area (Å²) in [5.74, 6) is 0. The number of hydrogen-bond acceptors (Lipinski definition) is 6. The molecule has 0 saturated carbocycles. The second-order valence-electron chi connectivity index (χ2n) is 2.17. The molecule has 1 aromatic carbocycles. The first-order chi connectivity index (χ1) is 6.40. The molecule has 0 bridgehead atoms. The van der Waals surface area contributed by atoms with Crippen LogP contribution in [0.2, 0.25) is 0 Å². The van der Waals surface area contributed by atoms with Gasteiger partial charge in [-0.15, -0.1) is 11.3 Å². The summed E-state index contributed by atoms with van der Waals surface area (Å²) in [7, 11) is 4.73. The van der Waals surface area contributed by atoms with Gasteiger partial charge in [0.05, 0.1) is 10.2 Å². The van der Waals surface area contributed by atoms with Crippen LogP contribution >= 0.6 is 53.4 Å². The molecule has 0 radical (unpaired) electrons. The standard InChI is InChI=1S/C7H5NS5/c9-12-13-11-7-8-5-3-1-2-4-6(5)10-7/h1-4,9H. The van der Waals surface area contributed by atoms with Crippen molar-refractivity contribution in [1.82, 2.24) is 4.98 Å². The third-order valence-corrected chi connectivity index (χ3v) is 7.08. The van der Waals surface area contributed by atoms with Crippen LogP contribution in [0.15, 0.2) is 28.6 Å². The summed E-state index contributed by atoms with van der Waals surface area (Å²) in [6.45, 7) is 0. The molecule has 1 nitrogen and oxygen atoms in total. The van der Waals surface area contributed by atoms with Crippen molar-refractivity contribution in [1.29, 1.82) is 0 Å². The van der Waals surface area contributed by atoms with Crippen molar-refractivity contribution >= 4 is 63.7 Å². The molecule has 0 aliphatic carbocycles. The third-order valence-electron chi connectivity index (χ3n) is 1.41. The minimum absolute atomic E-state index is 1.08. The SMILES string of the molecule is SSSSc1nc2ccccc2s1. The first-order valence-electron chi connectivity index (χ1n) is 3.40. The average molecular weight is 263 g/mol. The van der Waals surface area contributed by atoms with Crippen molar-refractivity contribution in [2.75, 3.05) is 0 Å². The molecular weight excluding hydrogens is 258 g/mol. The zero-order valence-corrected chi connectivity index (χ0v) is 10.5. The van der Waals surface area contributed by atoms with E-state index in [1.807, 2.05) is 18.2 Å². The van der Waals surface area contributed by atoms with E-state index in [-0.39, 0.29) is 0 Å².